The minimum absolute atomic E-state index is 0.199. The molecule has 2 atom stereocenters. The molecule has 1 aromatic rings. The minimum Gasteiger partial charge on any atom is -0.434 e. The lowest BCUT2D eigenvalue weighted by Crippen LogP contribution is -2.20. The normalized spacial score (nSPS) is 24.8. The summed E-state index contributed by atoms with van der Waals surface area (Å²) >= 11 is 0. The van der Waals surface area contributed by atoms with Crippen molar-refractivity contribution in [2.45, 2.75) is 32.7 Å². The molecule has 1 aliphatic heterocycles. The van der Waals surface area contributed by atoms with Gasteiger partial charge in [-0.25, -0.2) is 4.79 Å². The van der Waals surface area contributed by atoms with E-state index in [9.17, 15) is 4.79 Å². The molecular formula is C13H16O3. The van der Waals surface area contributed by atoms with E-state index in [-0.39, 0.29) is 18.2 Å². The molecule has 0 spiro atoms. The molecule has 1 aromatic carbocycles. The molecule has 0 N–H and O–H groups in total. The molecule has 0 aliphatic carbocycles. The highest BCUT2D eigenvalue weighted by atomic mass is 16.8. The van der Waals surface area contributed by atoms with E-state index < -0.39 is 6.10 Å². The molecule has 0 bridgehead atoms. The minimum atomic E-state index is -0.449. The van der Waals surface area contributed by atoms with Gasteiger partial charge in [0.1, 0.15) is 0 Å². The van der Waals surface area contributed by atoms with Crippen LogP contribution in [0, 0.1) is 5.92 Å². The Labute approximate surface area is 95.4 Å². The maximum absolute atomic E-state index is 11.5. The number of hydrogen-bond acceptors (Lipinski definition) is 3. The van der Waals surface area contributed by atoms with Gasteiger partial charge in [-0.2, -0.15) is 0 Å². The summed E-state index contributed by atoms with van der Waals surface area (Å²) in [5, 5.41) is 0. The van der Waals surface area contributed by atoms with Crippen molar-refractivity contribution < 1.29 is 14.3 Å². The maximum Gasteiger partial charge on any atom is 0.338 e. The lowest BCUT2D eigenvalue weighted by Gasteiger charge is -2.12. The van der Waals surface area contributed by atoms with Gasteiger partial charge in [-0.05, 0) is 5.56 Å². The zero-order valence-corrected chi connectivity index (χ0v) is 9.55. The molecule has 3 nitrogen and oxygen atoms in total. The highest BCUT2D eigenvalue weighted by molar-refractivity contribution is 5.76. The summed E-state index contributed by atoms with van der Waals surface area (Å²) in [4.78, 5) is 11.5. The van der Waals surface area contributed by atoms with Crippen LogP contribution in [0.15, 0.2) is 30.3 Å². The predicted molar refractivity (Wildman–Crippen MR) is 59.7 cm³/mol. The monoisotopic (exact) mass is 220 g/mol. The average molecular weight is 220 g/mol. The van der Waals surface area contributed by atoms with E-state index in [4.69, 9.17) is 9.47 Å². The Morgan fingerprint density at radius 3 is 2.50 bits per heavy atom. The van der Waals surface area contributed by atoms with Gasteiger partial charge in [0.05, 0.1) is 0 Å². The van der Waals surface area contributed by atoms with Crippen molar-refractivity contribution in [3.8, 4) is 0 Å². The van der Waals surface area contributed by atoms with Crippen LogP contribution in [0.1, 0.15) is 19.4 Å². The molecule has 1 heterocycles. The smallest absolute Gasteiger partial charge is 0.338 e. The van der Waals surface area contributed by atoms with Gasteiger partial charge in [-0.15, -0.1) is 0 Å². The first-order valence-electron chi connectivity index (χ1n) is 5.56. The van der Waals surface area contributed by atoms with Crippen LogP contribution in [0.4, 0.5) is 0 Å². The van der Waals surface area contributed by atoms with E-state index in [1.165, 1.54) is 0 Å². The summed E-state index contributed by atoms with van der Waals surface area (Å²) in [5.41, 5.74) is 1.09. The molecule has 16 heavy (non-hydrogen) atoms. The van der Waals surface area contributed by atoms with Crippen LogP contribution in [0.2, 0.25) is 0 Å². The second-order valence-corrected chi connectivity index (χ2v) is 4.36. The zero-order chi connectivity index (χ0) is 11.5. The highest BCUT2D eigenvalue weighted by Gasteiger charge is 2.36. The van der Waals surface area contributed by atoms with Gasteiger partial charge in [0.15, 0.2) is 6.10 Å². The second-order valence-electron chi connectivity index (χ2n) is 4.36. The third-order valence-corrected chi connectivity index (χ3v) is 2.60. The quantitative estimate of drug-likeness (QED) is 0.732. The van der Waals surface area contributed by atoms with Crippen molar-refractivity contribution >= 4 is 5.97 Å². The Balaban J connectivity index is 1.99. The molecule has 0 saturated carbocycles. The molecule has 1 fully saturated rings. The summed E-state index contributed by atoms with van der Waals surface area (Å²) in [6.45, 7) is 3.95. The molecule has 2 rings (SSSR count). The number of benzene rings is 1. The molecule has 0 amide bonds. The molecule has 1 saturated heterocycles. The fourth-order valence-corrected chi connectivity index (χ4v) is 1.69. The largest absolute Gasteiger partial charge is 0.434 e. The molecule has 1 unspecified atom stereocenters. The topological polar surface area (TPSA) is 35.5 Å². The van der Waals surface area contributed by atoms with Crippen LogP contribution >= 0.6 is 0 Å². The van der Waals surface area contributed by atoms with E-state index in [0.29, 0.717) is 6.42 Å². The summed E-state index contributed by atoms with van der Waals surface area (Å²) in [6, 6.07) is 9.83. The van der Waals surface area contributed by atoms with Crippen LogP contribution in [-0.2, 0) is 20.7 Å². The number of rotatable bonds is 3. The number of hydrogen-bond donors (Lipinski definition) is 0. The van der Waals surface area contributed by atoms with E-state index in [0.717, 1.165) is 5.56 Å². The van der Waals surface area contributed by atoms with E-state index in [1.54, 1.807) is 0 Å². The van der Waals surface area contributed by atoms with Gasteiger partial charge in [-0.1, -0.05) is 44.2 Å². The third-order valence-electron chi connectivity index (χ3n) is 2.60. The number of carbonyl (C=O) groups excluding carboxylic acids is 1. The van der Waals surface area contributed by atoms with Gasteiger partial charge in [0, 0.05) is 12.3 Å². The zero-order valence-electron chi connectivity index (χ0n) is 9.55. The molecule has 1 aliphatic rings. The number of ether oxygens (including phenoxy) is 2. The summed E-state index contributed by atoms with van der Waals surface area (Å²) in [6.07, 6.45) is -0.251. The second kappa shape index (κ2) is 4.66. The predicted octanol–water partition coefficient (Wildman–Crippen LogP) is 2.15. The Kier molecular flexibility index (Phi) is 3.25. The summed E-state index contributed by atoms with van der Waals surface area (Å²) in [7, 11) is 0. The van der Waals surface area contributed by atoms with Gasteiger partial charge in [0.2, 0.25) is 6.29 Å². The lowest BCUT2D eigenvalue weighted by molar-refractivity contribution is -0.146. The molecule has 86 valence electrons. The fraction of sp³-hybridized carbons (Fsp3) is 0.462. The van der Waals surface area contributed by atoms with Gasteiger partial charge >= 0.3 is 5.97 Å². The highest BCUT2D eigenvalue weighted by Crippen LogP contribution is 2.22. The van der Waals surface area contributed by atoms with Crippen molar-refractivity contribution in [1.82, 2.24) is 0 Å². The van der Waals surface area contributed by atoms with Crippen LogP contribution < -0.4 is 0 Å². The molecular weight excluding hydrogens is 204 g/mol. The lowest BCUT2D eigenvalue weighted by atomic mass is 10.1. The van der Waals surface area contributed by atoms with Crippen LogP contribution in [0.25, 0.3) is 0 Å². The van der Waals surface area contributed by atoms with E-state index in [1.807, 2.05) is 44.2 Å². The summed E-state index contributed by atoms with van der Waals surface area (Å²) in [5.74, 6) is -0.0488. The standard InChI is InChI=1S/C13H16O3/c1-9(2)13-15-11(12(14)16-13)8-10-6-4-3-5-7-10/h3-7,9,11,13H,8H2,1-2H3/t11-,13?/m0/s1. The average Bonchev–Trinajstić information content (AvgIpc) is 2.62. The van der Waals surface area contributed by atoms with Crippen LogP contribution in [0.3, 0.4) is 0 Å². The van der Waals surface area contributed by atoms with Crippen molar-refractivity contribution in [2.75, 3.05) is 0 Å². The first-order chi connectivity index (χ1) is 7.66. The Hall–Kier alpha value is -1.35. The SMILES string of the molecule is CC(C)C1OC(=O)[C@H](Cc2ccccc2)O1. The van der Waals surface area contributed by atoms with E-state index in [2.05, 4.69) is 0 Å². The van der Waals surface area contributed by atoms with E-state index >= 15 is 0 Å². The number of cyclic esters (lactones) is 1. The summed E-state index contributed by atoms with van der Waals surface area (Å²) < 4.78 is 10.7. The maximum atomic E-state index is 11.5. The molecule has 0 aromatic heterocycles. The van der Waals surface area contributed by atoms with Gasteiger partial charge < -0.3 is 9.47 Å². The Morgan fingerprint density at radius 1 is 1.25 bits per heavy atom. The van der Waals surface area contributed by atoms with Crippen LogP contribution in [0.5, 0.6) is 0 Å². The third kappa shape index (κ3) is 2.42. The fourth-order valence-electron chi connectivity index (χ4n) is 1.69. The Bertz CT molecular complexity index is 359. The number of esters is 1. The van der Waals surface area contributed by atoms with Gasteiger partial charge in [0.25, 0.3) is 0 Å². The van der Waals surface area contributed by atoms with Gasteiger partial charge in [-0.3, -0.25) is 0 Å². The first kappa shape index (κ1) is 11.1. The van der Waals surface area contributed by atoms with Crippen molar-refractivity contribution in [3.63, 3.8) is 0 Å². The van der Waals surface area contributed by atoms with Crippen molar-refractivity contribution in [1.29, 1.82) is 0 Å². The van der Waals surface area contributed by atoms with Crippen molar-refractivity contribution in [2.24, 2.45) is 5.92 Å². The van der Waals surface area contributed by atoms with Crippen LogP contribution in [-0.4, -0.2) is 18.4 Å². The molecule has 0 radical (unpaired) electrons. The number of carbonyl (C=O) groups is 1. The first-order valence-corrected chi connectivity index (χ1v) is 5.56. The Morgan fingerprint density at radius 2 is 1.94 bits per heavy atom. The molecule has 3 heteroatoms. The van der Waals surface area contributed by atoms with Crippen molar-refractivity contribution in [3.05, 3.63) is 35.9 Å².